The van der Waals surface area contributed by atoms with Crippen molar-refractivity contribution < 1.29 is 19.0 Å². The summed E-state index contributed by atoms with van der Waals surface area (Å²) >= 11 is 13.6. The molecule has 0 saturated carbocycles. The van der Waals surface area contributed by atoms with E-state index < -0.39 is 18.2 Å². The fourth-order valence-electron chi connectivity index (χ4n) is 5.68. The van der Waals surface area contributed by atoms with Crippen molar-refractivity contribution in [1.82, 2.24) is 24.2 Å². The largest absolute Gasteiger partial charge is 0.464 e. The number of imidazole rings is 1. The van der Waals surface area contributed by atoms with Crippen molar-refractivity contribution in [3.05, 3.63) is 69.9 Å². The number of rotatable bonds is 7. The molecule has 2 aromatic heterocycles. The second-order valence-corrected chi connectivity index (χ2v) is 11.3. The highest BCUT2D eigenvalue weighted by Crippen LogP contribution is 2.39. The summed E-state index contributed by atoms with van der Waals surface area (Å²) in [5, 5.41) is 15.9. The van der Waals surface area contributed by atoms with Crippen LogP contribution in [-0.2, 0) is 29.0 Å². The maximum Gasteiger partial charge on any atom is 0.337 e. The molecule has 6 rings (SSSR count). The van der Waals surface area contributed by atoms with Gasteiger partial charge in [0.25, 0.3) is 0 Å². The highest BCUT2D eigenvalue weighted by molar-refractivity contribution is 6.42. The maximum atomic E-state index is 14.1. The van der Waals surface area contributed by atoms with Gasteiger partial charge in [0.05, 0.1) is 41.3 Å². The van der Waals surface area contributed by atoms with E-state index in [4.69, 9.17) is 33.0 Å². The summed E-state index contributed by atoms with van der Waals surface area (Å²) in [6, 6.07) is 8.97. The van der Waals surface area contributed by atoms with Gasteiger partial charge in [0, 0.05) is 48.9 Å². The molecule has 0 amide bonds. The van der Waals surface area contributed by atoms with Crippen molar-refractivity contribution in [3.8, 4) is 11.1 Å². The Morgan fingerprint density at radius 1 is 1.23 bits per heavy atom. The molecule has 210 valence electrons. The molecule has 0 radical (unpaired) electrons. The van der Waals surface area contributed by atoms with E-state index in [0.29, 0.717) is 32.3 Å². The molecule has 1 unspecified atom stereocenters. The predicted octanol–water partition coefficient (Wildman–Crippen LogP) is 5.21. The van der Waals surface area contributed by atoms with Crippen LogP contribution in [0.15, 0.2) is 42.9 Å². The molecule has 4 aromatic rings. The number of aliphatic hydroxyl groups is 1. The number of carbonyl (C=O) groups excluding carboxylic acids is 1. The zero-order valence-corrected chi connectivity index (χ0v) is 23.6. The number of benzene rings is 2. The van der Waals surface area contributed by atoms with Crippen LogP contribution in [0.5, 0.6) is 0 Å². The number of carbonyl (C=O) groups is 1. The first-order valence-corrected chi connectivity index (χ1v) is 14.3. The molecule has 11 heteroatoms. The SMILES string of the molecule is CCOC(=O)C(c1ncn2c1C[C@@H](F)C2)n1cc2c(Cl)cc(-c3ccc(CN4CCC(O)CC4)cc3)c(Cl)c2n1. The van der Waals surface area contributed by atoms with E-state index in [1.807, 2.05) is 12.1 Å². The van der Waals surface area contributed by atoms with E-state index >= 15 is 0 Å². The number of hydrogen-bond donors (Lipinski definition) is 1. The van der Waals surface area contributed by atoms with Gasteiger partial charge in [-0.1, -0.05) is 47.5 Å². The number of esters is 1. The Kier molecular flexibility index (Phi) is 7.56. The van der Waals surface area contributed by atoms with Gasteiger partial charge in [-0.15, -0.1) is 0 Å². The molecule has 2 atom stereocenters. The molecular formula is C29H30Cl2FN5O3. The smallest absolute Gasteiger partial charge is 0.337 e. The van der Waals surface area contributed by atoms with Gasteiger partial charge in [0.1, 0.15) is 11.7 Å². The first kappa shape index (κ1) is 27.2. The molecule has 1 N–H and O–H groups in total. The number of nitrogens with zero attached hydrogens (tertiary/aromatic N) is 5. The monoisotopic (exact) mass is 585 g/mol. The number of halogens is 3. The summed E-state index contributed by atoms with van der Waals surface area (Å²) in [7, 11) is 0. The predicted molar refractivity (Wildman–Crippen MR) is 151 cm³/mol. The lowest BCUT2D eigenvalue weighted by Crippen LogP contribution is -2.35. The van der Waals surface area contributed by atoms with Crippen LogP contribution in [0.2, 0.25) is 10.0 Å². The summed E-state index contributed by atoms with van der Waals surface area (Å²) < 4.78 is 22.7. The average molecular weight is 586 g/mol. The zero-order valence-electron chi connectivity index (χ0n) is 22.1. The molecule has 0 spiro atoms. The highest BCUT2D eigenvalue weighted by Gasteiger charge is 2.35. The third-order valence-electron chi connectivity index (χ3n) is 7.75. The van der Waals surface area contributed by atoms with Crippen molar-refractivity contribution >= 4 is 40.1 Å². The Bertz CT molecular complexity index is 1550. The van der Waals surface area contributed by atoms with Crippen molar-refractivity contribution in [1.29, 1.82) is 0 Å². The third-order valence-corrected chi connectivity index (χ3v) is 8.45. The van der Waals surface area contributed by atoms with E-state index in [2.05, 4.69) is 22.0 Å². The molecule has 0 bridgehead atoms. The van der Waals surface area contributed by atoms with Gasteiger partial charge in [0.15, 0.2) is 6.04 Å². The number of fused-ring (bicyclic) bond motifs is 2. The van der Waals surface area contributed by atoms with Crippen LogP contribution < -0.4 is 0 Å². The fourth-order valence-corrected chi connectivity index (χ4v) is 6.23. The van der Waals surface area contributed by atoms with E-state index in [0.717, 1.165) is 43.6 Å². The van der Waals surface area contributed by atoms with Crippen molar-refractivity contribution in [2.75, 3.05) is 19.7 Å². The lowest BCUT2D eigenvalue weighted by Gasteiger charge is -2.29. The normalized spacial score (nSPS) is 18.8. The van der Waals surface area contributed by atoms with E-state index in [9.17, 15) is 14.3 Å². The minimum Gasteiger partial charge on any atom is -0.464 e. The molecule has 2 aromatic carbocycles. The number of ether oxygens (including phenoxy) is 1. The van der Waals surface area contributed by atoms with Crippen molar-refractivity contribution in [3.63, 3.8) is 0 Å². The van der Waals surface area contributed by atoms with E-state index in [1.165, 1.54) is 10.2 Å². The molecule has 40 heavy (non-hydrogen) atoms. The summed E-state index contributed by atoms with van der Waals surface area (Å²) in [6.07, 6.45) is 3.77. The summed E-state index contributed by atoms with van der Waals surface area (Å²) in [5.41, 5.74) is 4.32. The molecule has 1 saturated heterocycles. The first-order valence-electron chi connectivity index (χ1n) is 13.5. The summed E-state index contributed by atoms with van der Waals surface area (Å²) in [6.45, 7) is 4.70. The molecule has 0 aliphatic carbocycles. The lowest BCUT2D eigenvalue weighted by molar-refractivity contribution is -0.146. The Balaban J connectivity index is 1.33. The third kappa shape index (κ3) is 5.11. The standard InChI is InChI=1S/C29H30Cl2FN5O3/c1-2-40-29(39)28(27-24-11-19(32)14-36(24)16-33-27)37-15-22-23(30)12-21(25(31)26(22)34-37)18-5-3-17(4-6-18)13-35-9-7-20(38)8-10-35/h3-6,12,15-16,19-20,28,38H,2,7-11,13-14H2,1H3/t19-,28?/m1/s1. The zero-order chi connectivity index (χ0) is 28.0. The Labute approximate surface area is 241 Å². The number of piperidine rings is 1. The molecular weight excluding hydrogens is 556 g/mol. The van der Waals surface area contributed by atoms with E-state index in [1.54, 1.807) is 30.1 Å². The number of likely N-dealkylation sites (tertiary alicyclic amines) is 1. The summed E-state index contributed by atoms with van der Waals surface area (Å²) in [5.74, 6) is -0.537. The van der Waals surface area contributed by atoms with Crippen LogP contribution in [0, 0.1) is 0 Å². The van der Waals surface area contributed by atoms with Crippen LogP contribution in [0.1, 0.15) is 42.8 Å². The topological polar surface area (TPSA) is 85.4 Å². The van der Waals surface area contributed by atoms with Crippen molar-refractivity contribution in [2.45, 2.75) is 57.6 Å². The van der Waals surface area contributed by atoms with Gasteiger partial charge in [-0.3, -0.25) is 9.58 Å². The quantitative estimate of drug-likeness (QED) is 0.300. The highest BCUT2D eigenvalue weighted by atomic mass is 35.5. The molecule has 2 aliphatic rings. The second kappa shape index (κ2) is 11.1. The lowest BCUT2D eigenvalue weighted by atomic mass is 10.0. The Hall–Kier alpha value is -2.98. The van der Waals surface area contributed by atoms with Crippen LogP contribution >= 0.6 is 23.2 Å². The molecule has 1 fully saturated rings. The minimum atomic E-state index is -1.03. The van der Waals surface area contributed by atoms with Gasteiger partial charge in [-0.2, -0.15) is 5.10 Å². The average Bonchev–Trinajstić information content (AvgIpc) is 3.64. The fraction of sp³-hybridized carbons (Fsp3) is 0.414. The van der Waals surface area contributed by atoms with Crippen LogP contribution in [0.25, 0.3) is 22.0 Å². The number of aliphatic hydroxyl groups excluding tert-OH is 1. The second-order valence-electron chi connectivity index (χ2n) is 10.5. The van der Waals surface area contributed by atoms with Crippen LogP contribution in [0.4, 0.5) is 4.39 Å². The van der Waals surface area contributed by atoms with Gasteiger partial charge < -0.3 is 14.4 Å². The van der Waals surface area contributed by atoms with Crippen LogP contribution in [0.3, 0.4) is 0 Å². The van der Waals surface area contributed by atoms with Gasteiger partial charge in [0.2, 0.25) is 0 Å². The maximum absolute atomic E-state index is 14.1. The van der Waals surface area contributed by atoms with Crippen molar-refractivity contribution in [2.24, 2.45) is 0 Å². The van der Waals surface area contributed by atoms with Crippen LogP contribution in [-0.4, -0.2) is 67.3 Å². The minimum absolute atomic E-state index is 0.174. The van der Waals surface area contributed by atoms with Gasteiger partial charge in [-0.25, -0.2) is 14.2 Å². The number of aromatic nitrogens is 4. The van der Waals surface area contributed by atoms with Gasteiger partial charge in [-0.05, 0) is 37.0 Å². The first-order chi connectivity index (χ1) is 19.3. The number of alkyl halides is 1. The summed E-state index contributed by atoms with van der Waals surface area (Å²) in [4.78, 5) is 19.9. The van der Waals surface area contributed by atoms with Gasteiger partial charge >= 0.3 is 5.97 Å². The Morgan fingerprint density at radius 2 is 1.98 bits per heavy atom. The van der Waals surface area contributed by atoms with E-state index in [-0.39, 0.29) is 25.7 Å². The molecule has 8 nitrogen and oxygen atoms in total. The molecule has 4 heterocycles. The molecule has 2 aliphatic heterocycles. The Morgan fingerprint density at radius 3 is 2.70 bits per heavy atom. The number of hydrogen-bond acceptors (Lipinski definition) is 6.